The van der Waals surface area contributed by atoms with Gasteiger partial charge in [0, 0.05) is 23.1 Å². The summed E-state index contributed by atoms with van der Waals surface area (Å²) in [6.07, 6.45) is 3.41. The molecular weight excluding hydrogens is 318 g/mol. The van der Waals surface area contributed by atoms with Crippen molar-refractivity contribution in [1.82, 2.24) is 0 Å². The molecule has 1 atom stereocenters. The molecule has 0 fully saturated rings. The molecule has 2 aromatic rings. The molecule has 2 aromatic carbocycles. The number of fused-ring (bicyclic) bond motifs is 1. The number of Topliss-reactive ketones (excluding diaryl/α,β-unsaturated/α-hetero) is 1. The van der Waals surface area contributed by atoms with Crippen molar-refractivity contribution in [2.24, 2.45) is 0 Å². The zero-order chi connectivity index (χ0) is 17.1. The molecule has 1 amide bonds. The van der Waals surface area contributed by atoms with Crippen LogP contribution in [0, 0.1) is 0 Å². The highest BCUT2D eigenvalue weighted by molar-refractivity contribution is 8.00. The Bertz CT molecular complexity index is 768. The topological polar surface area (TPSA) is 46.2 Å². The van der Waals surface area contributed by atoms with Gasteiger partial charge in [0.2, 0.25) is 5.91 Å². The molecule has 4 heteroatoms. The number of hydrogen-bond acceptors (Lipinski definition) is 3. The Morgan fingerprint density at radius 2 is 1.75 bits per heavy atom. The number of ketones is 1. The van der Waals surface area contributed by atoms with Crippen molar-refractivity contribution >= 4 is 29.1 Å². The van der Waals surface area contributed by atoms with Crippen molar-refractivity contribution in [2.75, 3.05) is 5.32 Å². The summed E-state index contributed by atoms with van der Waals surface area (Å²) >= 11 is 1.55. The molecule has 0 aromatic heterocycles. The molecule has 0 radical (unpaired) electrons. The van der Waals surface area contributed by atoms with Crippen LogP contribution >= 0.6 is 11.8 Å². The van der Waals surface area contributed by atoms with Gasteiger partial charge in [-0.15, -0.1) is 11.8 Å². The number of thioether (sulfide) groups is 1. The van der Waals surface area contributed by atoms with Crippen LogP contribution < -0.4 is 5.32 Å². The predicted molar refractivity (Wildman–Crippen MR) is 98.9 cm³/mol. The van der Waals surface area contributed by atoms with Gasteiger partial charge in [0.15, 0.2) is 5.78 Å². The normalized spacial score (nSPS) is 14.1. The first-order chi connectivity index (χ1) is 11.5. The summed E-state index contributed by atoms with van der Waals surface area (Å²) in [5.41, 5.74) is 4.30. The number of benzene rings is 2. The molecule has 1 aliphatic carbocycles. The number of nitrogens with one attached hydrogen (secondary N) is 1. The highest BCUT2D eigenvalue weighted by atomic mass is 32.2. The van der Waals surface area contributed by atoms with E-state index in [1.54, 1.807) is 11.8 Å². The molecule has 0 unspecified atom stereocenters. The lowest BCUT2D eigenvalue weighted by atomic mass is 10.0. The SMILES string of the molecule is CC(=O)Nc1ccc(S[C@@H](C)C(=O)c2ccc3c(c2)CCC3)cc1. The van der Waals surface area contributed by atoms with Gasteiger partial charge in [-0.3, -0.25) is 9.59 Å². The van der Waals surface area contributed by atoms with E-state index in [9.17, 15) is 9.59 Å². The third kappa shape index (κ3) is 3.88. The van der Waals surface area contributed by atoms with Crippen LogP contribution in [0.4, 0.5) is 5.69 Å². The zero-order valence-electron chi connectivity index (χ0n) is 14.0. The molecule has 1 N–H and O–H groups in total. The summed E-state index contributed by atoms with van der Waals surface area (Å²) in [5.74, 6) is 0.0798. The van der Waals surface area contributed by atoms with E-state index in [4.69, 9.17) is 0 Å². The number of amides is 1. The molecule has 124 valence electrons. The fourth-order valence-electron chi connectivity index (χ4n) is 3.04. The van der Waals surface area contributed by atoms with E-state index in [2.05, 4.69) is 17.4 Å². The first kappa shape index (κ1) is 16.8. The molecule has 0 saturated carbocycles. The Kier molecular flexibility index (Phi) is 5.05. The van der Waals surface area contributed by atoms with E-state index in [0.717, 1.165) is 29.0 Å². The second-order valence-corrected chi connectivity index (χ2v) is 7.58. The van der Waals surface area contributed by atoms with Crippen molar-refractivity contribution in [3.63, 3.8) is 0 Å². The number of aryl methyl sites for hydroxylation is 2. The van der Waals surface area contributed by atoms with E-state index in [1.165, 1.54) is 24.5 Å². The molecule has 0 aliphatic heterocycles. The maximum Gasteiger partial charge on any atom is 0.221 e. The lowest BCUT2D eigenvalue weighted by Crippen LogP contribution is -2.13. The Balaban J connectivity index is 1.66. The van der Waals surface area contributed by atoms with E-state index in [0.29, 0.717) is 0 Å². The van der Waals surface area contributed by atoms with Crippen molar-refractivity contribution in [3.8, 4) is 0 Å². The fraction of sp³-hybridized carbons (Fsp3) is 0.300. The summed E-state index contributed by atoms with van der Waals surface area (Å²) in [4.78, 5) is 24.7. The van der Waals surface area contributed by atoms with E-state index in [1.807, 2.05) is 37.3 Å². The Hall–Kier alpha value is -2.07. The average molecular weight is 339 g/mol. The van der Waals surface area contributed by atoms with Gasteiger partial charge in [0.25, 0.3) is 0 Å². The van der Waals surface area contributed by atoms with Gasteiger partial charge in [-0.1, -0.05) is 12.1 Å². The van der Waals surface area contributed by atoms with Crippen LogP contribution in [-0.2, 0) is 17.6 Å². The summed E-state index contributed by atoms with van der Waals surface area (Å²) in [5, 5.41) is 2.60. The van der Waals surface area contributed by atoms with Gasteiger partial charge in [-0.2, -0.15) is 0 Å². The van der Waals surface area contributed by atoms with E-state index >= 15 is 0 Å². The van der Waals surface area contributed by atoms with Gasteiger partial charge in [-0.25, -0.2) is 0 Å². The quantitative estimate of drug-likeness (QED) is 0.644. The molecule has 1 aliphatic rings. The number of hydrogen-bond donors (Lipinski definition) is 1. The number of carbonyl (C=O) groups is 2. The summed E-state index contributed by atoms with van der Waals surface area (Å²) < 4.78 is 0. The predicted octanol–water partition coefficient (Wildman–Crippen LogP) is 4.50. The second kappa shape index (κ2) is 7.22. The first-order valence-electron chi connectivity index (χ1n) is 8.23. The highest BCUT2D eigenvalue weighted by Gasteiger charge is 2.19. The zero-order valence-corrected chi connectivity index (χ0v) is 14.8. The number of rotatable bonds is 5. The van der Waals surface area contributed by atoms with Crippen LogP contribution in [0.5, 0.6) is 0 Å². The molecule has 24 heavy (non-hydrogen) atoms. The highest BCUT2D eigenvalue weighted by Crippen LogP contribution is 2.29. The molecule has 0 spiro atoms. The van der Waals surface area contributed by atoms with Crippen LogP contribution in [0.25, 0.3) is 0 Å². The maximum absolute atomic E-state index is 12.7. The Labute approximate surface area is 146 Å². The molecule has 3 rings (SSSR count). The third-order valence-electron chi connectivity index (χ3n) is 4.24. The average Bonchev–Trinajstić information content (AvgIpc) is 3.03. The molecule has 3 nitrogen and oxygen atoms in total. The molecule has 0 bridgehead atoms. The van der Waals surface area contributed by atoms with E-state index < -0.39 is 0 Å². The Morgan fingerprint density at radius 1 is 1.04 bits per heavy atom. The van der Waals surface area contributed by atoms with Gasteiger partial charge in [0.1, 0.15) is 0 Å². The Morgan fingerprint density at radius 3 is 2.46 bits per heavy atom. The van der Waals surface area contributed by atoms with Crippen LogP contribution in [0.15, 0.2) is 47.4 Å². The number of carbonyl (C=O) groups excluding carboxylic acids is 2. The minimum atomic E-state index is -0.143. The fourth-order valence-corrected chi connectivity index (χ4v) is 3.98. The monoisotopic (exact) mass is 339 g/mol. The van der Waals surface area contributed by atoms with Crippen LogP contribution in [-0.4, -0.2) is 16.9 Å². The summed E-state index contributed by atoms with van der Waals surface area (Å²) in [6, 6.07) is 13.7. The van der Waals surface area contributed by atoms with Gasteiger partial charge < -0.3 is 5.32 Å². The van der Waals surface area contributed by atoms with Crippen molar-refractivity contribution < 1.29 is 9.59 Å². The molecule has 0 saturated heterocycles. The van der Waals surface area contributed by atoms with Crippen LogP contribution in [0.1, 0.15) is 41.8 Å². The first-order valence-corrected chi connectivity index (χ1v) is 9.11. The lowest BCUT2D eigenvalue weighted by molar-refractivity contribution is -0.114. The third-order valence-corrected chi connectivity index (χ3v) is 5.35. The maximum atomic E-state index is 12.7. The van der Waals surface area contributed by atoms with Crippen molar-refractivity contribution in [2.45, 2.75) is 43.3 Å². The van der Waals surface area contributed by atoms with E-state index in [-0.39, 0.29) is 16.9 Å². The number of anilines is 1. The minimum absolute atomic E-state index is 0.0874. The largest absolute Gasteiger partial charge is 0.326 e. The van der Waals surface area contributed by atoms with Crippen molar-refractivity contribution in [3.05, 3.63) is 59.2 Å². The second-order valence-electron chi connectivity index (χ2n) is 6.17. The van der Waals surface area contributed by atoms with Gasteiger partial charge >= 0.3 is 0 Å². The van der Waals surface area contributed by atoms with Crippen molar-refractivity contribution in [1.29, 1.82) is 0 Å². The van der Waals surface area contributed by atoms with Gasteiger partial charge in [0.05, 0.1) is 5.25 Å². The summed E-state index contributed by atoms with van der Waals surface area (Å²) in [6.45, 7) is 3.43. The smallest absolute Gasteiger partial charge is 0.221 e. The van der Waals surface area contributed by atoms with Crippen LogP contribution in [0.3, 0.4) is 0 Å². The standard InChI is InChI=1S/C20H21NO2S/c1-13(24-19-10-8-18(9-11-19)21-14(2)22)20(23)17-7-6-15-4-3-5-16(15)12-17/h6-13H,3-5H2,1-2H3,(H,21,22)/t13-/m0/s1. The summed E-state index contributed by atoms with van der Waals surface area (Å²) in [7, 11) is 0. The lowest BCUT2D eigenvalue weighted by Gasteiger charge is -2.12. The van der Waals surface area contributed by atoms with Gasteiger partial charge in [-0.05, 0) is 67.6 Å². The molecule has 0 heterocycles. The minimum Gasteiger partial charge on any atom is -0.326 e. The molecular formula is C20H21NO2S. The van der Waals surface area contributed by atoms with Crippen LogP contribution in [0.2, 0.25) is 0 Å².